The van der Waals surface area contributed by atoms with Gasteiger partial charge in [0.05, 0.1) is 18.2 Å². The quantitative estimate of drug-likeness (QED) is 0.532. The molecule has 0 aliphatic rings. The molecule has 0 saturated heterocycles. The third-order valence-corrected chi connectivity index (χ3v) is 5.20. The number of aromatic carboxylic acids is 1. The molecular formula is C23H21NO3. The standard InChI is InChI=1S/C23H21NO3/c1-13-9-10-19(14(2)11-13)24-15(3)21(23(25)26)18-12-20(27-4)16-7-5-6-8-17(16)22(18)24/h5-12H,1-4H3,(H,25,26). The Morgan fingerprint density at radius 3 is 2.30 bits per heavy atom. The minimum Gasteiger partial charge on any atom is -0.496 e. The second-order valence-corrected chi connectivity index (χ2v) is 6.91. The maximum Gasteiger partial charge on any atom is 0.338 e. The van der Waals surface area contributed by atoms with Crippen LogP contribution in [0.1, 0.15) is 27.2 Å². The molecule has 0 fully saturated rings. The highest BCUT2D eigenvalue weighted by molar-refractivity contribution is 6.16. The van der Waals surface area contributed by atoms with Gasteiger partial charge in [-0.05, 0) is 38.5 Å². The Bertz CT molecular complexity index is 1220. The zero-order valence-corrected chi connectivity index (χ0v) is 15.8. The van der Waals surface area contributed by atoms with E-state index in [-0.39, 0.29) is 0 Å². The Balaban J connectivity index is 2.27. The van der Waals surface area contributed by atoms with E-state index >= 15 is 0 Å². The molecule has 4 nitrogen and oxygen atoms in total. The molecule has 0 spiro atoms. The lowest BCUT2D eigenvalue weighted by molar-refractivity contribution is 0.0698. The van der Waals surface area contributed by atoms with Gasteiger partial charge in [0.25, 0.3) is 0 Å². The highest BCUT2D eigenvalue weighted by Gasteiger charge is 2.24. The summed E-state index contributed by atoms with van der Waals surface area (Å²) in [5, 5.41) is 12.5. The molecule has 0 atom stereocenters. The van der Waals surface area contributed by atoms with Gasteiger partial charge in [0.15, 0.2) is 0 Å². The predicted molar refractivity (Wildman–Crippen MR) is 109 cm³/mol. The van der Waals surface area contributed by atoms with Crippen LogP contribution >= 0.6 is 0 Å². The first-order valence-electron chi connectivity index (χ1n) is 8.85. The Hall–Kier alpha value is -3.27. The van der Waals surface area contributed by atoms with Crippen molar-refractivity contribution in [2.24, 2.45) is 0 Å². The molecule has 0 bridgehead atoms. The number of carboxylic acid groups (broad SMARTS) is 1. The van der Waals surface area contributed by atoms with Crippen LogP contribution in [0.25, 0.3) is 27.4 Å². The van der Waals surface area contributed by atoms with Crippen molar-refractivity contribution in [1.29, 1.82) is 0 Å². The van der Waals surface area contributed by atoms with E-state index in [0.717, 1.165) is 27.5 Å². The lowest BCUT2D eigenvalue weighted by atomic mass is 10.0. The van der Waals surface area contributed by atoms with Crippen molar-refractivity contribution < 1.29 is 14.6 Å². The lowest BCUT2D eigenvalue weighted by Gasteiger charge is -2.14. The molecule has 0 aliphatic carbocycles. The summed E-state index contributed by atoms with van der Waals surface area (Å²) in [4.78, 5) is 12.1. The molecule has 0 radical (unpaired) electrons. The summed E-state index contributed by atoms with van der Waals surface area (Å²) in [7, 11) is 1.61. The van der Waals surface area contributed by atoms with Crippen molar-refractivity contribution in [3.8, 4) is 11.4 Å². The average molecular weight is 359 g/mol. The fraction of sp³-hybridized carbons (Fsp3) is 0.174. The summed E-state index contributed by atoms with van der Waals surface area (Å²) >= 11 is 0. The first-order chi connectivity index (χ1) is 12.9. The van der Waals surface area contributed by atoms with Crippen molar-refractivity contribution in [2.75, 3.05) is 7.11 Å². The Kier molecular flexibility index (Phi) is 3.92. The van der Waals surface area contributed by atoms with Crippen LogP contribution in [0.5, 0.6) is 5.75 Å². The van der Waals surface area contributed by atoms with E-state index in [9.17, 15) is 9.90 Å². The summed E-state index contributed by atoms with van der Waals surface area (Å²) < 4.78 is 7.63. The highest BCUT2D eigenvalue weighted by Crippen LogP contribution is 2.39. The van der Waals surface area contributed by atoms with Crippen LogP contribution in [0.4, 0.5) is 0 Å². The number of ether oxygens (including phenoxy) is 1. The summed E-state index contributed by atoms with van der Waals surface area (Å²) in [6.07, 6.45) is 0. The monoisotopic (exact) mass is 359 g/mol. The van der Waals surface area contributed by atoms with E-state index < -0.39 is 5.97 Å². The Morgan fingerprint density at radius 2 is 1.67 bits per heavy atom. The van der Waals surface area contributed by atoms with E-state index in [4.69, 9.17) is 4.74 Å². The predicted octanol–water partition coefficient (Wildman–Crippen LogP) is 5.42. The summed E-state index contributed by atoms with van der Waals surface area (Å²) in [5.41, 5.74) is 5.19. The van der Waals surface area contributed by atoms with E-state index in [1.165, 1.54) is 5.56 Å². The van der Waals surface area contributed by atoms with Gasteiger partial charge < -0.3 is 14.4 Å². The first kappa shape index (κ1) is 17.2. The Morgan fingerprint density at radius 1 is 0.963 bits per heavy atom. The van der Waals surface area contributed by atoms with Gasteiger partial charge in [-0.2, -0.15) is 0 Å². The maximum atomic E-state index is 12.1. The molecule has 136 valence electrons. The van der Waals surface area contributed by atoms with Gasteiger partial charge in [-0.3, -0.25) is 0 Å². The molecule has 0 unspecified atom stereocenters. The second-order valence-electron chi connectivity index (χ2n) is 6.91. The highest BCUT2D eigenvalue weighted by atomic mass is 16.5. The molecule has 4 aromatic rings. The Labute approximate surface area is 157 Å². The summed E-state index contributed by atoms with van der Waals surface area (Å²) in [5.74, 6) is -0.253. The van der Waals surface area contributed by atoms with Crippen molar-refractivity contribution >= 4 is 27.6 Å². The molecule has 4 rings (SSSR count). The number of hydrogen-bond donors (Lipinski definition) is 1. The number of hydrogen-bond acceptors (Lipinski definition) is 2. The van der Waals surface area contributed by atoms with Crippen LogP contribution < -0.4 is 4.74 Å². The minimum absolute atomic E-state index is 0.314. The third-order valence-electron chi connectivity index (χ3n) is 5.20. The van der Waals surface area contributed by atoms with E-state index in [0.29, 0.717) is 22.4 Å². The molecule has 1 N–H and O–H groups in total. The fourth-order valence-electron chi connectivity index (χ4n) is 4.03. The topological polar surface area (TPSA) is 51.5 Å². The average Bonchev–Trinajstić information content (AvgIpc) is 2.93. The van der Waals surface area contributed by atoms with Gasteiger partial charge in [0, 0.05) is 27.5 Å². The number of carbonyl (C=O) groups is 1. The van der Waals surface area contributed by atoms with Crippen LogP contribution in [0.2, 0.25) is 0 Å². The van der Waals surface area contributed by atoms with E-state index in [2.05, 4.69) is 36.6 Å². The largest absolute Gasteiger partial charge is 0.496 e. The zero-order chi connectivity index (χ0) is 19.3. The number of aromatic nitrogens is 1. The molecular weight excluding hydrogens is 338 g/mol. The molecule has 4 heteroatoms. The van der Waals surface area contributed by atoms with Crippen LogP contribution in [-0.2, 0) is 0 Å². The van der Waals surface area contributed by atoms with Crippen LogP contribution in [0.3, 0.4) is 0 Å². The molecule has 1 aromatic heterocycles. The molecule has 0 amide bonds. The first-order valence-corrected chi connectivity index (χ1v) is 8.85. The number of nitrogens with zero attached hydrogens (tertiary/aromatic N) is 1. The maximum absolute atomic E-state index is 12.1. The van der Waals surface area contributed by atoms with Gasteiger partial charge in [0.1, 0.15) is 5.75 Å². The number of methoxy groups -OCH3 is 1. The van der Waals surface area contributed by atoms with E-state index in [1.54, 1.807) is 7.11 Å². The van der Waals surface area contributed by atoms with Gasteiger partial charge >= 0.3 is 5.97 Å². The SMILES string of the molecule is COc1cc2c(C(=O)O)c(C)n(-c3ccc(C)cc3C)c2c2ccccc12. The van der Waals surface area contributed by atoms with Gasteiger partial charge in [-0.25, -0.2) is 4.79 Å². The lowest BCUT2D eigenvalue weighted by Crippen LogP contribution is -2.03. The van der Waals surface area contributed by atoms with Crippen molar-refractivity contribution in [1.82, 2.24) is 4.57 Å². The summed E-state index contributed by atoms with van der Waals surface area (Å²) in [6, 6.07) is 16.0. The van der Waals surface area contributed by atoms with Gasteiger partial charge in [-0.15, -0.1) is 0 Å². The van der Waals surface area contributed by atoms with Crippen molar-refractivity contribution in [2.45, 2.75) is 20.8 Å². The zero-order valence-electron chi connectivity index (χ0n) is 15.8. The van der Waals surface area contributed by atoms with E-state index in [1.807, 2.05) is 37.3 Å². The molecule has 0 saturated carbocycles. The number of rotatable bonds is 3. The van der Waals surface area contributed by atoms with Crippen molar-refractivity contribution in [3.63, 3.8) is 0 Å². The second kappa shape index (κ2) is 6.16. The van der Waals surface area contributed by atoms with Gasteiger partial charge in [0.2, 0.25) is 0 Å². The number of carboxylic acids is 1. The fourth-order valence-corrected chi connectivity index (χ4v) is 4.03. The molecule has 3 aromatic carbocycles. The summed E-state index contributed by atoms with van der Waals surface area (Å²) in [6.45, 7) is 5.98. The minimum atomic E-state index is -0.932. The van der Waals surface area contributed by atoms with Gasteiger partial charge in [-0.1, -0.05) is 42.0 Å². The van der Waals surface area contributed by atoms with Crippen LogP contribution in [0.15, 0.2) is 48.5 Å². The van der Waals surface area contributed by atoms with Crippen molar-refractivity contribution in [3.05, 3.63) is 70.9 Å². The molecule has 27 heavy (non-hydrogen) atoms. The number of benzene rings is 3. The normalized spacial score (nSPS) is 11.3. The number of fused-ring (bicyclic) bond motifs is 3. The molecule has 1 heterocycles. The van der Waals surface area contributed by atoms with Crippen LogP contribution in [0, 0.1) is 20.8 Å². The molecule has 0 aliphatic heterocycles. The van der Waals surface area contributed by atoms with Crippen LogP contribution in [-0.4, -0.2) is 22.8 Å². The third kappa shape index (κ3) is 2.48. The smallest absolute Gasteiger partial charge is 0.338 e. The number of aryl methyl sites for hydroxylation is 2.